The Bertz CT molecular complexity index is 1020. The minimum Gasteiger partial charge on any atom is -0.468 e. The third-order valence-corrected chi connectivity index (χ3v) is 6.60. The Morgan fingerprint density at radius 1 is 1.21 bits per heavy atom. The molecular weight excluding hydrogens is 520 g/mol. The van der Waals surface area contributed by atoms with Crippen molar-refractivity contribution in [2.45, 2.75) is 11.7 Å². The molecule has 148 valence electrons. The van der Waals surface area contributed by atoms with Crippen LogP contribution in [0.5, 0.6) is 0 Å². The fourth-order valence-electron chi connectivity index (χ4n) is 3.12. The van der Waals surface area contributed by atoms with E-state index in [9.17, 15) is 14.9 Å². The molecule has 0 aromatic heterocycles. The summed E-state index contributed by atoms with van der Waals surface area (Å²) in [6.45, 7) is 0. The molecule has 5 nitrogen and oxygen atoms in total. The summed E-state index contributed by atoms with van der Waals surface area (Å²) in [5.74, 6) is -2.41. The lowest BCUT2D eigenvalue weighted by molar-refractivity contribution is -0.150. The number of nitrogens with zero attached hydrogens (tertiary/aromatic N) is 1. The van der Waals surface area contributed by atoms with Gasteiger partial charge in [0.05, 0.1) is 23.8 Å². The van der Waals surface area contributed by atoms with E-state index in [4.69, 9.17) is 4.74 Å². The molecule has 1 amide bonds. The second-order valence-electron chi connectivity index (χ2n) is 6.29. The molecule has 2 atom stereocenters. The molecule has 0 spiro atoms. The summed E-state index contributed by atoms with van der Waals surface area (Å²) in [6, 6.07) is 17.3. The molecule has 0 radical (unpaired) electrons. The van der Waals surface area contributed by atoms with Gasteiger partial charge in [-0.3, -0.25) is 9.59 Å². The summed E-state index contributed by atoms with van der Waals surface area (Å²) in [6.07, 6.45) is 0. The van der Waals surface area contributed by atoms with Crippen LogP contribution in [0.15, 0.2) is 68.1 Å². The number of nitriles is 1. The Labute approximate surface area is 189 Å². The van der Waals surface area contributed by atoms with Crippen molar-refractivity contribution < 1.29 is 14.3 Å². The number of nitrogens with one attached hydrogen (secondary N) is 1. The van der Waals surface area contributed by atoms with Crippen LogP contribution in [-0.2, 0) is 20.1 Å². The van der Waals surface area contributed by atoms with Gasteiger partial charge in [-0.1, -0.05) is 56.1 Å². The maximum atomic E-state index is 12.8. The lowest BCUT2D eigenvalue weighted by Crippen LogP contribution is -2.44. The second kappa shape index (κ2) is 9.61. The first-order valence-electron chi connectivity index (χ1n) is 8.60. The smallest absolute Gasteiger partial charge is 0.319 e. The lowest BCUT2D eigenvalue weighted by atomic mass is 9.78. The van der Waals surface area contributed by atoms with Crippen LogP contribution in [-0.4, -0.2) is 19.0 Å². The molecule has 0 bridgehead atoms. The number of hydrogen-bond acceptors (Lipinski definition) is 5. The zero-order valence-corrected chi connectivity index (χ0v) is 19.3. The van der Waals surface area contributed by atoms with E-state index in [-0.39, 0.29) is 0 Å². The summed E-state index contributed by atoms with van der Waals surface area (Å²) in [5.41, 5.74) is 2.09. The monoisotopic (exact) mass is 534 g/mol. The van der Waals surface area contributed by atoms with Gasteiger partial charge in [-0.2, -0.15) is 5.26 Å². The van der Waals surface area contributed by atoms with E-state index < -0.39 is 23.7 Å². The fraction of sp³-hybridized carbons (Fsp3) is 0.190. The zero-order chi connectivity index (χ0) is 21.0. The Hall–Kier alpha value is -2.08. The number of benzene rings is 2. The minimum atomic E-state index is -1.12. The van der Waals surface area contributed by atoms with Crippen molar-refractivity contribution >= 4 is 55.5 Å². The lowest BCUT2D eigenvalue weighted by Gasteiger charge is -2.31. The van der Waals surface area contributed by atoms with Crippen molar-refractivity contribution in [2.75, 3.05) is 7.11 Å². The number of esters is 1. The van der Waals surface area contributed by atoms with Crippen LogP contribution in [0.1, 0.15) is 17.0 Å². The summed E-state index contributed by atoms with van der Waals surface area (Å²) in [5, 5.41) is 13.1. The zero-order valence-electron chi connectivity index (χ0n) is 15.3. The number of thioether (sulfide) groups is 1. The normalized spacial score (nSPS) is 18.8. The first-order chi connectivity index (χ1) is 13.9. The van der Waals surface area contributed by atoms with E-state index in [1.165, 1.54) is 18.9 Å². The van der Waals surface area contributed by atoms with Crippen molar-refractivity contribution in [1.29, 1.82) is 5.26 Å². The second-order valence-corrected chi connectivity index (χ2v) is 9.11. The molecule has 0 unspecified atom stereocenters. The van der Waals surface area contributed by atoms with Gasteiger partial charge in [-0.15, -0.1) is 11.8 Å². The summed E-state index contributed by atoms with van der Waals surface area (Å²) in [4.78, 5) is 25.2. The van der Waals surface area contributed by atoms with Crippen molar-refractivity contribution in [2.24, 2.45) is 5.92 Å². The number of carbonyl (C=O) groups is 2. The standard InChI is InChI=1S/C21H16Br2N2O3S/c1-28-21(27)18-17(13-3-2-4-15(23)9-13)16(10-24)20(25-19(18)26)29-11-12-5-7-14(22)8-6-12/h2-9,17-18H,11H2,1H3,(H,25,26)/t17-,18+/m1/s1. The van der Waals surface area contributed by atoms with Gasteiger partial charge in [-0.05, 0) is 35.4 Å². The molecule has 0 saturated heterocycles. The third-order valence-electron chi connectivity index (χ3n) is 4.49. The number of allylic oxidation sites excluding steroid dienone is 1. The van der Waals surface area contributed by atoms with E-state index in [0.717, 1.165) is 14.5 Å². The molecule has 1 aliphatic rings. The van der Waals surface area contributed by atoms with Gasteiger partial charge in [0.1, 0.15) is 5.92 Å². The van der Waals surface area contributed by atoms with Crippen molar-refractivity contribution in [3.63, 3.8) is 0 Å². The van der Waals surface area contributed by atoms with E-state index in [1.54, 1.807) is 6.07 Å². The number of amides is 1. The molecule has 1 heterocycles. The fourth-order valence-corrected chi connectivity index (χ4v) is 4.80. The van der Waals surface area contributed by atoms with Crippen molar-refractivity contribution in [1.82, 2.24) is 5.32 Å². The van der Waals surface area contributed by atoms with Gasteiger partial charge in [0, 0.05) is 20.6 Å². The number of rotatable bonds is 5. The van der Waals surface area contributed by atoms with E-state index >= 15 is 0 Å². The molecule has 0 fully saturated rings. The van der Waals surface area contributed by atoms with Crippen LogP contribution in [0.4, 0.5) is 0 Å². The number of halogens is 2. The predicted octanol–water partition coefficient (Wildman–Crippen LogP) is 4.88. The Morgan fingerprint density at radius 2 is 1.93 bits per heavy atom. The van der Waals surface area contributed by atoms with Crippen LogP contribution >= 0.6 is 43.6 Å². The van der Waals surface area contributed by atoms with Crippen molar-refractivity contribution in [3.05, 3.63) is 79.2 Å². The largest absolute Gasteiger partial charge is 0.468 e. The molecule has 2 aromatic carbocycles. The van der Waals surface area contributed by atoms with Crippen molar-refractivity contribution in [3.8, 4) is 6.07 Å². The van der Waals surface area contributed by atoms with Gasteiger partial charge in [0.15, 0.2) is 0 Å². The number of carbonyl (C=O) groups excluding carboxylic acids is 2. The maximum absolute atomic E-state index is 12.8. The van der Waals surface area contributed by atoms with Gasteiger partial charge >= 0.3 is 5.97 Å². The van der Waals surface area contributed by atoms with Crippen LogP contribution in [0.2, 0.25) is 0 Å². The minimum absolute atomic E-state index is 0.347. The van der Waals surface area contributed by atoms with Gasteiger partial charge in [0.25, 0.3) is 0 Å². The average molecular weight is 536 g/mol. The number of hydrogen-bond donors (Lipinski definition) is 1. The third kappa shape index (κ3) is 4.92. The van der Waals surface area contributed by atoms with Crippen LogP contribution in [0.3, 0.4) is 0 Å². The quantitative estimate of drug-likeness (QED) is 0.436. The predicted molar refractivity (Wildman–Crippen MR) is 119 cm³/mol. The average Bonchev–Trinajstić information content (AvgIpc) is 2.72. The first kappa shape index (κ1) is 21.6. The van der Waals surface area contributed by atoms with E-state index in [1.807, 2.05) is 42.5 Å². The molecular formula is C21H16Br2N2O3S. The van der Waals surface area contributed by atoms with Crippen LogP contribution in [0.25, 0.3) is 0 Å². The highest BCUT2D eigenvalue weighted by Crippen LogP contribution is 2.41. The van der Waals surface area contributed by atoms with Crippen LogP contribution < -0.4 is 5.32 Å². The molecule has 3 rings (SSSR count). The summed E-state index contributed by atoms with van der Waals surface area (Å²) in [7, 11) is 1.24. The van der Waals surface area contributed by atoms with E-state index in [2.05, 4.69) is 43.2 Å². The molecule has 0 saturated carbocycles. The topological polar surface area (TPSA) is 79.2 Å². The number of ether oxygens (including phenoxy) is 1. The highest BCUT2D eigenvalue weighted by Gasteiger charge is 2.44. The molecule has 2 aromatic rings. The molecule has 29 heavy (non-hydrogen) atoms. The molecule has 0 aliphatic carbocycles. The van der Waals surface area contributed by atoms with Crippen LogP contribution in [0, 0.1) is 17.2 Å². The Balaban J connectivity index is 2.01. The summed E-state index contributed by atoms with van der Waals surface area (Å²) >= 11 is 8.18. The molecule has 1 aliphatic heterocycles. The Morgan fingerprint density at radius 3 is 2.55 bits per heavy atom. The first-order valence-corrected chi connectivity index (χ1v) is 11.2. The number of methoxy groups -OCH3 is 1. The molecule has 1 N–H and O–H groups in total. The molecule has 8 heteroatoms. The summed E-state index contributed by atoms with van der Waals surface area (Å²) < 4.78 is 6.63. The van der Waals surface area contributed by atoms with Gasteiger partial charge in [-0.25, -0.2) is 0 Å². The highest BCUT2D eigenvalue weighted by molar-refractivity contribution is 9.10. The Kier molecular flexibility index (Phi) is 7.17. The highest BCUT2D eigenvalue weighted by atomic mass is 79.9. The SMILES string of the molecule is COC(=O)[C@@H]1C(=O)NC(SCc2ccc(Br)cc2)=C(C#N)[C@H]1c1cccc(Br)c1. The maximum Gasteiger partial charge on any atom is 0.319 e. The van der Waals surface area contributed by atoms with Gasteiger partial charge in [0.2, 0.25) is 5.91 Å². The van der Waals surface area contributed by atoms with E-state index in [0.29, 0.717) is 21.9 Å². The van der Waals surface area contributed by atoms with Gasteiger partial charge < -0.3 is 10.1 Å².